The second kappa shape index (κ2) is 6.13. The molecule has 5 heteroatoms. The maximum absolute atomic E-state index is 12.3. The Morgan fingerprint density at radius 2 is 1.91 bits per heavy atom. The van der Waals surface area contributed by atoms with Crippen molar-refractivity contribution in [3.63, 3.8) is 0 Å². The number of ether oxygens (including phenoxy) is 1. The Morgan fingerprint density at radius 1 is 1.13 bits per heavy atom. The van der Waals surface area contributed by atoms with E-state index in [4.69, 9.17) is 4.74 Å². The van der Waals surface area contributed by atoms with Crippen molar-refractivity contribution in [3.8, 4) is 0 Å². The van der Waals surface area contributed by atoms with E-state index in [1.54, 1.807) is 0 Å². The zero-order valence-electron chi connectivity index (χ0n) is 13.7. The molecule has 4 rings (SSSR count). The van der Waals surface area contributed by atoms with E-state index in [-0.39, 0.29) is 5.69 Å². The molecular weight excluding hydrogens is 290 g/mol. The summed E-state index contributed by atoms with van der Waals surface area (Å²) in [5, 5.41) is 0. The molecule has 0 saturated carbocycles. The van der Waals surface area contributed by atoms with Crippen LogP contribution < -0.4 is 5.69 Å². The van der Waals surface area contributed by atoms with Crippen LogP contribution in [0.5, 0.6) is 0 Å². The van der Waals surface area contributed by atoms with E-state index < -0.39 is 0 Å². The third kappa shape index (κ3) is 2.83. The highest BCUT2D eigenvalue weighted by molar-refractivity contribution is 5.75. The van der Waals surface area contributed by atoms with Crippen molar-refractivity contribution in [2.24, 2.45) is 0 Å². The second-order valence-corrected chi connectivity index (χ2v) is 6.94. The van der Waals surface area contributed by atoms with E-state index in [1.165, 1.54) is 0 Å². The molecule has 23 heavy (non-hydrogen) atoms. The van der Waals surface area contributed by atoms with Crippen LogP contribution in [0.2, 0.25) is 0 Å². The fraction of sp³-hybridized carbons (Fsp3) is 0.611. The topological polar surface area (TPSA) is 50.3 Å². The molecule has 2 saturated heterocycles. The molecule has 2 atom stereocenters. The van der Waals surface area contributed by atoms with Crippen LogP contribution in [0.1, 0.15) is 38.6 Å². The van der Waals surface area contributed by atoms with E-state index in [0.29, 0.717) is 18.2 Å². The number of nitrogens with zero attached hydrogens (tertiary/aromatic N) is 2. The summed E-state index contributed by atoms with van der Waals surface area (Å²) in [7, 11) is 0. The summed E-state index contributed by atoms with van der Waals surface area (Å²) in [6.07, 6.45) is 4.75. The van der Waals surface area contributed by atoms with E-state index in [9.17, 15) is 4.79 Å². The first kappa shape index (κ1) is 15.0. The molecule has 2 aromatic rings. The number of aromatic nitrogens is 2. The van der Waals surface area contributed by atoms with Gasteiger partial charge >= 0.3 is 5.69 Å². The van der Waals surface area contributed by atoms with Gasteiger partial charge in [-0.3, -0.25) is 4.57 Å². The maximum Gasteiger partial charge on any atom is 0.326 e. The molecule has 1 aromatic carbocycles. The molecule has 2 fully saturated rings. The van der Waals surface area contributed by atoms with Crippen LogP contribution in [0.25, 0.3) is 11.0 Å². The van der Waals surface area contributed by atoms with Gasteiger partial charge < -0.3 is 14.6 Å². The maximum atomic E-state index is 12.3. The molecule has 1 aromatic heterocycles. The molecule has 3 heterocycles. The number of hydrogen-bond acceptors (Lipinski definition) is 3. The number of hydrogen-bond donors (Lipinski definition) is 1. The van der Waals surface area contributed by atoms with E-state index >= 15 is 0 Å². The van der Waals surface area contributed by atoms with Crippen LogP contribution in [0.4, 0.5) is 0 Å². The SMILES string of the molecule is C[C@H]1C[C@@H](N2CCC(n3c(=O)[nH]c4ccccc43)CC2)CCO1. The molecule has 0 spiro atoms. The lowest BCUT2D eigenvalue weighted by Crippen LogP contribution is -2.46. The van der Waals surface area contributed by atoms with Crippen LogP contribution in [-0.4, -0.2) is 46.3 Å². The van der Waals surface area contributed by atoms with Gasteiger partial charge in [-0.1, -0.05) is 12.1 Å². The van der Waals surface area contributed by atoms with Crippen LogP contribution in [0.15, 0.2) is 29.1 Å². The molecule has 2 aliphatic rings. The monoisotopic (exact) mass is 315 g/mol. The van der Waals surface area contributed by atoms with Gasteiger partial charge in [-0.2, -0.15) is 0 Å². The molecule has 2 aliphatic heterocycles. The second-order valence-electron chi connectivity index (χ2n) is 6.94. The first-order chi connectivity index (χ1) is 11.2. The predicted molar refractivity (Wildman–Crippen MR) is 90.8 cm³/mol. The number of piperidine rings is 1. The van der Waals surface area contributed by atoms with E-state index in [0.717, 1.165) is 56.4 Å². The van der Waals surface area contributed by atoms with Gasteiger partial charge in [0.2, 0.25) is 0 Å². The summed E-state index contributed by atoms with van der Waals surface area (Å²) in [6, 6.07) is 8.96. The molecule has 0 aliphatic carbocycles. The van der Waals surface area contributed by atoms with Gasteiger partial charge in [0.05, 0.1) is 17.1 Å². The van der Waals surface area contributed by atoms with Crippen molar-refractivity contribution >= 4 is 11.0 Å². The lowest BCUT2D eigenvalue weighted by atomic mass is 9.97. The summed E-state index contributed by atoms with van der Waals surface area (Å²) < 4.78 is 7.64. The Kier molecular flexibility index (Phi) is 3.99. The number of para-hydroxylation sites is 2. The molecule has 1 N–H and O–H groups in total. The van der Waals surface area contributed by atoms with Crippen molar-refractivity contribution in [3.05, 3.63) is 34.7 Å². The fourth-order valence-corrected chi connectivity index (χ4v) is 4.25. The molecule has 5 nitrogen and oxygen atoms in total. The van der Waals surface area contributed by atoms with Gasteiger partial charge in [0.1, 0.15) is 0 Å². The van der Waals surface area contributed by atoms with E-state index in [2.05, 4.69) is 16.8 Å². The molecule has 124 valence electrons. The molecular formula is C18H25N3O2. The lowest BCUT2D eigenvalue weighted by Gasteiger charge is -2.40. The average molecular weight is 315 g/mol. The first-order valence-electron chi connectivity index (χ1n) is 8.77. The number of H-pyrrole nitrogens is 1. The van der Waals surface area contributed by atoms with Crippen molar-refractivity contribution in [2.45, 2.75) is 50.8 Å². The standard InChI is InChI=1S/C18H25N3O2/c1-13-12-15(8-11-23-13)20-9-6-14(7-10-20)21-17-5-3-2-4-16(17)19-18(21)22/h2-5,13-15H,6-12H2,1H3,(H,19,22)/t13-,15-/m0/s1. The zero-order chi connectivity index (χ0) is 15.8. The number of likely N-dealkylation sites (tertiary alicyclic amines) is 1. The zero-order valence-corrected chi connectivity index (χ0v) is 13.7. The highest BCUT2D eigenvalue weighted by Crippen LogP contribution is 2.28. The van der Waals surface area contributed by atoms with Crippen LogP contribution in [-0.2, 0) is 4.74 Å². The summed E-state index contributed by atoms with van der Waals surface area (Å²) in [5.41, 5.74) is 2.01. The van der Waals surface area contributed by atoms with Gasteiger partial charge in [-0.25, -0.2) is 4.79 Å². The minimum Gasteiger partial charge on any atom is -0.378 e. The highest BCUT2D eigenvalue weighted by atomic mass is 16.5. The minimum absolute atomic E-state index is 0.0318. The Balaban J connectivity index is 1.49. The van der Waals surface area contributed by atoms with Gasteiger partial charge in [-0.05, 0) is 44.7 Å². The smallest absolute Gasteiger partial charge is 0.326 e. The van der Waals surface area contributed by atoms with Crippen molar-refractivity contribution in [1.29, 1.82) is 0 Å². The number of rotatable bonds is 2. The Labute approximate surface area is 136 Å². The minimum atomic E-state index is 0.0318. The number of fused-ring (bicyclic) bond motifs is 1. The molecule has 0 bridgehead atoms. The number of nitrogens with one attached hydrogen (secondary N) is 1. The van der Waals surface area contributed by atoms with Crippen LogP contribution >= 0.6 is 0 Å². The quantitative estimate of drug-likeness (QED) is 0.926. The van der Waals surface area contributed by atoms with Crippen molar-refractivity contribution in [1.82, 2.24) is 14.5 Å². The first-order valence-corrected chi connectivity index (χ1v) is 8.77. The number of aromatic amines is 1. The molecule has 0 amide bonds. The summed E-state index contributed by atoms with van der Waals surface area (Å²) >= 11 is 0. The average Bonchev–Trinajstić information content (AvgIpc) is 2.91. The number of benzene rings is 1. The third-order valence-corrected chi connectivity index (χ3v) is 5.46. The lowest BCUT2D eigenvalue weighted by molar-refractivity contribution is -0.0241. The fourth-order valence-electron chi connectivity index (χ4n) is 4.25. The van der Waals surface area contributed by atoms with Crippen LogP contribution in [0, 0.1) is 0 Å². The summed E-state index contributed by atoms with van der Waals surface area (Å²) in [4.78, 5) is 17.9. The molecule has 0 unspecified atom stereocenters. The summed E-state index contributed by atoms with van der Waals surface area (Å²) in [5.74, 6) is 0. The normalized spacial score (nSPS) is 27.5. The van der Waals surface area contributed by atoms with Crippen LogP contribution in [0.3, 0.4) is 0 Å². The predicted octanol–water partition coefficient (Wildman–Crippen LogP) is 2.53. The Bertz CT molecular complexity index is 727. The number of imidazole rings is 1. The van der Waals surface area contributed by atoms with Gasteiger partial charge in [0.15, 0.2) is 0 Å². The largest absolute Gasteiger partial charge is 0.378 e. The van der Waals surface area contributed by atoms with E-state index in [1.807, 2.05) is 28.8 Å². The van der Waals surface area contributed by atoms with Gasteiger partial charge in [-0.15, -0.1) is 0 Å². The van der Waals surface area contributed by atoms with Gasteiger partial charge in [0, 0.05) is 31.8 Å². The Morgan fingerprint density at radius 3 is 2.70 bits per heavy atom. The summed E-state index contributed by atoms with van der Waals surface area (Å²) in [6.45, 7) is 5.21. The Hall–Kier alpha value is -1.59. The van der Waals surface area contributed by atoms with Crippen molar-refractivity contribution < 1.29 is 4.74 Å². The van der Waals surface area contributed by atoms with Gasteiger partial charge in [0.25, 0.3) is 0 Å². The highest BCUT2D eigenvalue weighted by Gasteiger charge is 2.30. The third-order valence-electron chi connectivity index (χ3n) is 5.46. The van der Waals surface area contributed by atoms with Crippen molar-refractivity contribution in [2.75, 3.05) is 19.7 Å². The molecule has 0 radical (unpaired) electrons.